The molecular formula is C17H16N2O3S. The molecule has 0 saturated carbocycles. The maximum atomic E-state index is 12.2. The van der Waals surface area contributed by atoms with Crippen molar-refractivity contribution < 1.29 is 14.4 Å². The van der Waals surface area contributed by atoms with Gasteiger partial charge in [-0.05, 0) is 49.2 Å². The number of amides is 2. The van der Waals surface area contributed by atoms with Crippen LogP contribution in [0.3, 0.4) is 0 Å². The molecule has 3 rings (SSSR count). The van der Waals surface area contributed by atoms with Crippen molar-refractivity contribution in [2.75, 3.05) is 16.8 Å². The van der Waals surface area contributed by atoms with Gasteiger partial charge in [-0.3, -0.25) is 14.4 Å². The van der Waals surface area contributed by atoms with E-state index < -0.39 is 0 Å². The van der Waals surface area contributed by atoms with Crippen LogP contribution in [0.2, 0.25) is 0 Å². The van der Waals surface area contributed by atoms with Crippen molar-refractivity contribution in [2.45, 2.75) is 20.3 Å². The number of nitrogens with one attached hydrogen (secondary N) is 1. The van der Waals surface area contributed by atoms with Crippen molar-refractivity contribution in [1.82, 2.24) is 0 Å². The Kier molecular flexibility index (Phi) is 4.00. The number of Topliss-reactive ketones (excluding diaryl/α,β-unsaturated/α-hetero) is 1. The second kappa shape index (κ2) is 5.96. The molecule has 0 aliphatic carbocycles. The number of carbonyl (C=O) groups excluding carboxylic acids is 3. The Balaban J connectivity index is 1.77. The molecule has 0 unspecified atom stereocenters. The quantitative estimate of drug-likeness (QED) is 0.880. The van der Waals surface area contributed by atoms with Crippen molar-refractivity contribution in [3.05, 3.63) is 45.6 Å². The molecule has 1 N–H and O–H groups in total. The number of nitrogens with zero attached hydrogens (tertiary/aromatic N) is 1. The Morgan fingerprint density at radius 1 is 1.09 bits per heavy atom. The largest absolute Gasteiger partial charge is 0.321 e. The van der Waals surface area contributed by atoms with Gasteiger partial charge in [-0.25, -0.2) is 0 Å². The Labute approximate surface area is 137 Å². The monoisotopic (exact) mass is 328 g/mol. The average molecular weight is 328 g/mol. The summed E-state index contributed by atoms with van der Waals surface area (Å²) in [5, 5.41) is 2.84. The summed E-state index contributed by atoms with van der Waals surface area (Å²) in [6, 6.07) is 8.86. The number of rotatable bonds is 3. The van der Waals surface area contributed by atoms with E-state index in [9.17, 15) is 14.4 Å². The van der Waals surface area contributed by atoms with E-state index in [4.69, 9.17) is 0 Å². The molecule has 23 heavy (non-hydrogen) atoms. The summed E-state index contributed by atoms with van der Waals surface area (Å²) in [6.07, 6.45) is 0.784. The van der Waals surface area contributed by atoms with Gasteiger partial charge in [-0.15, -0.1) is 11.3 Å². The number of carbonyl (C=O) groups is 3. The van der Waals surface area contributed by atoms with E-state index in [1.807, 2.05) is 12.1 Å². The number of fused-ring (bicyclic) bond motifs is 1. The summed E-state index contributed by atoms with van der Waals surface area (Å²) in [5.41, 5.74) is 2.65. The Hall–Kier alpha value is -2.47. The molecular weight excluding hydrogens is 312 g/mol. The third-order valence-electron chi connectivity index (χ3n) is 3.79. The minimum atomic E-state index is -0.233. The predicted octanol–water partition coefficient (Wildman–Crippen LogP) is 3.11. The van der Waals surface area contributed by atoms with Gasteiger partial charge in [0, 0.05) is 24.8 Å². The lowest BCUT2D eigenvalue weighted by Crippen LogP contribution is -2.25. The molecule has 2 heterocycles. The third kappa shape index (κ3) is 3.03. The Bertz CT molecular complexity index is 810. The molecule has 6 heteroatoms. The lowest BCUT2D eigenvalue weighted by atomic mass is 10.1. The third-order valence-corrected chi connectivity index (χ3v) is 4.97. The topological polar surface area (TPSA) is 66.5 Å². The summed E-state index contributed by atoms with van der Waals surface area (Å²) in [4.78, 5) is 37.9. The van der Waals surface area contributed by atoms with Gasteiger partial charge in [0.25, 0.3) is 5.91 Å². The van der Waals surface area contributed by atoms with Crippen LogP contribution in [-0.4, -0.2) is 24.1 Å². The molecule has 2 amide bonds. The highest BCUT2D eigenvalue weighted by molar-refractivity contribution is 7.16. The van der Waals surface area contributed by atoms with Gasteiger partial charge in [0.05, 0.1) is 9.75 Å². The highest BCUT2D eigenvalue weighted by Gasteiger charge is 2.22. The lowest BCUT2D eigenvalue weighted by Gasteiger charge is -2.15. The van der Waals surface area contributed by atoms with Crippen LogP contribution < -0.4 is 10.2 Å². The Morgan fingerprint density at radius 3 is 2.48 bits per heavy atom. The molecule has 1 aliphatic heterocycles. The van der Waals surface area contributed by atoms with Gasteiger partial charge in [0.1, 0.15) is 0 Å². The highest BCUT2D eigenvalue weighted by atomic mass is 32.1. The second-order valence-corrected chi connectivity index (χ2v) is 6.52. The van der Waals surface area contributed by atoms with Crippen molar-refractivity contribution in [1.29, 1.82) is 0 Å². The number of anilines is 2. The summed E-state index contributed by atoms with van der Waals surface area (Å²) < 4.78 is 0. The van der Waals surface area contributed by atoms with E-state index >= 15 is 0 Å². The number of hydrogen-bond donors (Lipinski definition) is 1. The number of ketones is 1. The molecule has 0 radical (unpaired) electrons. The maximum Gasteiger partial charge on any atom is 0.265 e. The lowest BCUT2D eigenvalue weighted by molar-refractivity contribution is -0.116. The first-order valence-corrected chi connectivity index (χ1v) is 8.10. The standard InChI is InChI=1S/C17H16N2O3S/c1-10(20)15-5-6-16(23-15)17(22)18-13-3-4-14-12(9-13)7-8-19(14)11(2)21/h3-6,9H,7-8H2,1-2H3,(H,18,22). The minimum Gasteiger partial charge on any atom is -0.321 e. The van der Waals surface area contributed by atoms with E-state index in [2.05, 4.69) is 5.32 Å². The Morgan fingerprint density at radius 2 is 1.83 bits per heavy atom. The summed E-state index contributed by atoms with van der Waals surface area (Å²) in [5.74, 6) is -0.254. The minimum absolute atomic E-state index is 0.0240. The first-order valence-electron chi connectivity index (χ1n) is 7.29. The van der Waals surface area contributed by atoms with Crippen molar-refractivity contribution in [3.8, 4) is 0 Å². The normalized spacial score (nSPS) is 12.9. The summed E-state index contributed by atoms with van der Waals surface area (Å²) in [7, 11) is 0. The van der Waals surface area contributed by atoms with E-state index in [1.54, 1.807) is 30.0 Å². The van der Waals surface area contributed by atoms with Crippen LogP contribution in [0, 0.1) is 0 Å². The fraction of sp³-hybridized carbons (Fsp3) is 0.235. The summed E-state index contributed by atoms with van der Waals surface area (Å²) in [6.45, 7) is 3.71. The van der Waals surface area contributed by atoms with Gasteiger partial charge >= 0.3 is 0 Å². The second-order valence-electron chi connectivity index (χ2n) is 5.44. The molecule has 5 nitrogen and oxygen atoms in total. The molecule has 118 valence electrons. The molecule has 1 aromatic heterocycles. The first-order chi connectivity index (χ1) is 11.0. The van der Waals surface area contributed by atoms with Crippen LogP contribution in [0.1, 0.15) is 38.8 Å². The van der Waals surface area contributed by atoms with Crippen molar-refractivity contribution >= 4 is 40.3 Å². The molecule has 0 saturated heterocycles. The van der Waals surface area contributed by atoms with Crippen LogP contribution in [-0.2, 0) is 11.2 Å². The van der Waals surface area contributed by atoms with Gasteiger partial charge in [-0.2, -0.15) is 0 Å². The van der Waals surface area contributed by atoms with Crippen LogP contribution in [0.15, 0.2) is 30.3 Å². The first kappa shape index (κ1) is 15.4. The van der Waals surface area contributed by atoms with Crippen molar-refractivity contribution in [3.63, 3.8) is 0 Å². The number of thiophene rings is 1. The van der Waals surface area contributed by atoms with E-state index in [1.165, 1.54) is 18.3 Å². The number of benzene rings is 1. The zero-order valence-corrected chi connectivity index (χ0v) is 13.7. The smallest absolute Gasteiger partial charge is 0.265 e. The van der Waals surface area contributed by atoms with Crippen LogP contribution in [0.4, 0.5) is 11.4 Å². The van der Waals surface area contributed by atoms with Crippen LogP contribution in [0.5, 0.6) is 0 Å². The molecule has 0 fully saturated rings. The van der Waals surface area contributed by atoms with Gasteiger partial charge in [-0.1, -0.05) is 0 Å². The fourth-order valence-electron chi connectivity index (χ4n) is 2.65. The molecule has 1 aromatic carbocycles. The van der Waals surface area contributed by atoms with E-state index in [0.29, 0.717) is 22.0 Å². The van der Waals surface area contributed by atoms with Crippen LogP contribution in [0.25, 0.3) is 0 Å². The van der Waals surface area contributed by atoms with Gasteiger partial charge < -0.3 is 10.2 Å². The highest BCUT2D eigenvalue weighted by Crippen LogP contribution is 2.30. The molecule has 0 atom stereocenters. The van der Waals surface area contributed by atoms with E-state index in [-0.39, 0.29) is 17.6 Å². The molecule has 1 aliphatic rings. The zero-order valence-electron chi connectivity index (χ0n) is 12.9. The predicted molar refractivity (Wildman–Crippen MR) is 90.4 cm³/mol. The summed E-state index contributed by atoms with van der Waals surface area (Å²) >= 11 is 1.18. The van der Waals surface area contributed by atoms with Crippen LogP contribution >= 0.6 is 11.3 Å². The molecule has 0 bridgehead atoms. The average Bonchev–Trinajstić information content (AvgIpc) is 3.13. The molecule has 0 spiro atoms. The van der Waals surface area contributed by atoms with Gasteiger partial charge in [0.2, 0.25) is 5.91 Å². The maximum absolute atomic E-state index is 12.2. The van der Waals surface area contributed by atoms with Gasteiger partial charge in [0.15, 0.2) is 5.78 Å². The SMILES string of the molecule is CC(=O)c1ccc(C(=O)Nc2ccc3c(c2)CCN3C(C)=O)s1. The zero-order chi connectivity index (χ0) is 16.6. The fourth-order valence-corrected chi connectivity index (χ4v) is 3.44. The molecule has 2 aromatic rings. The number of hydrogen-bond acceptors (Lipinski definition) is 4. The van der Waals surface area contributed by atoms with E-state index in [0.717, 1.165) is 17.7 Å². The van der Waals surface area contributed by atoms with Crippen molar-refractivity contribution in [2.24, 2.45) is 0 Å².